The SMILES string of the molecule is CC(C)(C)CC(=O)c1c(N)c(N)c(N)c(N)c1N. The van der Waals surface area contributed by atoms with Gasteiger partial charge in [0, 0.05) is 6.42 Å². The third-order valence-corrected chi connectivity index (χ3v) is 2.67. The molecule has 0 bridgehead atoms. The Morgan fingerprint density at radius 3 is 1.50 bits per heavy atom. The molecule has 0 amide bonds. The molecule has 0 radical (unpaired) electrons. The number of carbonyl (C=O) groups excluding carboxylic acids is 1. The van der Waals surface area contributed by atoms with Crippen LogP contribution in [-0.2, 0) is 0 Å². The summed E-state index contributed by atoms with van der Waals surface area (Å²) in [5.41, 5.74) is 29.3. The molecular formula is C12H21N5O. The van der Waals surface area contributed by atoms with E-state index in [4.69, 9.17) is 28.7 Å². The van der Waals surface area contributed by atoms with Gasteiger partial charge in [0.1, 0.15) is 0 Å². The van der Waals surface area contributed by atoms with Gasteiger partial charge in [0.15, 0.2) is 5.78 Å². The van der Waals surface area contributed by atoms with Crippen LogP contribution >= 0.6 is 0 Å². The minimum atomic E-state index is -0.184. The van der Waals surface area contributed by atoms with Crippen molar-refractivity contribution >= 4 is 34.2 Å². The van der Waals surface area contributed by atoms with Gasteiger partial charge in [-0.05, 0) is 5.41 Å². The lowest BCUT2D eigenvalue weighted by atomic mass is 9.86. The molecule has 6 nitrogen and oxygen atoms in total. The van der Waals surface area contributed by atoms with E-state index in [-0.39, 0.29) is 45.2 Å². The van der Waals surface area contributed by atoms with E-state index >= 15 is 0 Å². The summed E-state index contributed by atoms with van der Waals surface area (Å²) in [6.07, 6.45) is 0.296. The fraction of sp³-hybridized carbons (Fsp3) is 0.417. The molecule has 0 saturated heterocycles. The van der Waals surface area contributed by atoms with E-state index in [2.05, 4.69) is 0 Å². The number of benzene rings is 1. The number of carbonyl (C=O) groups is 1. The molecule has 10 N–H and O–H groups in total. The van der Waals surface area contributed by atoms with Crippen molar-refractivity contribution < 1.29 is 4.79 Å². The standard InChI is InChI=1S/C12H21N5O/c1-12(2,3)4-5(18)6-7(13)9(15)11(17)10(16)8(6)14/h4,13-17H2,1-3H3. The number of Topliss-reactive ketones (excluding diaryl/α,β-unsaturated/α-hetero) is 1. The van der Waals surface area contributed by atoms with Gasteiger partial charge in [0.25, 0.3) is 0 Å². The van der Waals surface area contributed by atoms with Gasteiger partial charge in [-0.3, -0.25) is 4.79 Å². The van der Waals surface area contributed by atoms with E-state index < -0.39 is 0 Å². The Kier molecular flexibility index (Phi) is 3.32. The Labute approximate surface area is 106 Å². The zero-order valence-corrected chi connectivity index (χ0v) is 11.0. The zero-order valence-electron chi connectivity index (χ0n) is 11.0. The Bertz CT molecular complexity index is 473. The Hall–Kier alpha value is -2.11. The number of rotatable bonds is 2. The molecule has 6 heteroatoms. The van der Waals surface area contributed by atoms with Crippen molar-refractivity contribution in [3.63, 3.8) is 0 Å². The molecule has 1 rings (SSSR count). The molecule has 0 aliphatic heterocycles. The first kappa shape index (κ1) is 14.0. The summed E-state index contributed by atoms with van der Waals surface area (Å²) in [6.45, 7) is 5.84. The topological polar surface area (TPSA) is 147 Å². The van der Waals surface area contributed by atoms with E-state index in [9.17, 15) is 4.79 Å². The van der Waals surface area contributed by atoms with Crippen LogP contribution in [-0.4, -0.2) is 5.78 Å². The second kappa shape index (κ2) is 4.29. The summed E-state index contributed by atoms with van der Waals surface area (Å²) in [5.74, 6) is -0.184. The van der Waals surface area contributed by atoms with Crippen LogP contribution < -0.4 is 28.7 Å². The Balaban J connectivity index is 3.38. The molecule has 1 aromatic carbocycles. The summed E-state index contributed by atoms with van der Waals surface area (Å²) in [6, 6.07) is 0. The number of hydrogen-bond donors (Lipinski definition) is 5. The Morgan fingerprint density at radius 1 is 0.833 bits per heavy atom. The average Bonchev–Trinajstić information content (AvgIpc) is 2.21. The summed E-state index contributed by atoms with van der Waals surface area (Å²) in [7, 11) is 0. The van der Waals surface area contributed by atoms with Crippen LogP contribution in [0.1, 0.15) is 37.6 Å². The molecular weight excluding hydrogens is 230 g/mol. The van der Waals surface area contributed by atoms with E-state index in [1.54, 1.807) is 0 Å². The number of nitrogens with two attached hydrogens (primary N) is 5. The predicted molar refractivity (Wildman–Crippen MR) is 76.9 cm³/mol. The van der Waals surface area contributed by atoms with E-state index in [1.165, 1.54) is 0 Å². The highest BCUT2D eigenvalue weighted by Crippen LogP contribution is 2.39. The van der Waals surface area contributed by atoms with Gasteiger partial charge in [-0.15, -0.1) is 0 Å². The van der Waals surface area contributed by atoms with Crippen LogP contribution in [0.5, 0.6) is 0 Å². The van der Waals surface area contributed by atoms with Gasteiger partial charge < -0.3 is 28.7 Å². The maximum atomic E-state index is 12.2. The van der Waals surface area contributed by atoms with Crippen LogP contribution in [0.2, 0.25) is 0 Å². The van der Waals surface area contributed by atoms with Crippen molar-refractivity contribution in [2.45, 2.75) is 27.2 Å². The second-order valence-corrected chi connectivity index (χ2v) is 5.60. The molecule has 0 aliphatic rings. The molecule has 0 aromatic heterocycles. The van der Waals surface area contributed by atoms with Crippen molar-refractivity contribution in [1.29, 1.82) is 0 Å². The molecule has 0 spiro atoms. The van der Waals surface area contributed by atoms with Gasteiger partial charge >= 0.3 is 0 Å². The minimum Gasteiger partial charge on any atom is -0.396 e. The molecule has 1 aromatic rings. The maximum absolute atomic E-state index is 12.2. The summed E-state index contributed by atoms with van der Waals surface area (Å²) in [5, 5.41) is 0. The van der Waals surface area contributed by atoms with Gasteiger partial charge in [-0.1, -0.05) is 20.8 Å². The number of hydrogen-bond acceptors (Lipinski definition) is 6. The first-order chi connectivity index (χ1) is 8.06. The van der Waals surface area contributed by atoms with Gasteiger partial charge in [0.05, 0.1) is 34.0 Å². The highest BCUT2D eigenvalue weighted by molar-refractivity contribution is 6.13. The second-order valence-electron chi connectivity index (χ2n) is 5.60. The predicted octanol–water partition coefficient (Wildman–Crippen LogP) is 1.22. The zero-order chi connectivity index (χ0) is 14.2. The molecule has 0 heterocycles. The van der Waals surface area contributed by atoms with Crippen molar-refractivity contribution in [2.24, 2.45) is 5.41 Å². The number of anilines is 5. The maximum Gasteiger partial charge on any atom is 0.167 e. The average molecular weight is 251 g/mol. The summed E-state index contributed by atoms with van der Waals surface area (Å²) in [4.78, 5) is 12.2. The quantitative estimate of drug-likeness (QED) is 0.394. The minimum absolute atomic E-state index is 0.105. The van der Waals surface area contributed by atoms with E-state index in [0.29, 0.717) is 6.42 Å². The Morgan fingerprint density at radius 2 is 1.17 bits per heavy atom. The van der Waals surface area contributed by atoms with E-state index in [0.717, 1.165) is 0 Å². The molecule has 0 saturated carbocycles. The van der Waals surface area contributed by atoms with Crippen molar-refractivity contribution in [3.8, 4) is 0 Å². The third kappa shape index (κ3) is 2.42. The van der Waals surface area contributed by atoms with Crippen molar-refractivity contribution in [2.75, 3.05) is 28.7 Å². The molecule has 100 valence electrons. The highest BCUT2D eigenvalue weighted by atomic mass is 16.1. The van der Waals surface area contributed by atoms with Crippen LogP contribution in [0.4, 0.5) is 28.4 Å². The van der Waals surface area contributed by atoms with Crippen LogP contribution in [0.3, 0.4) is 0 Å². The molecule has 0 aliphatic carbocycles. The molecule has 0 unspecified atom stereocenters. The fourth-order valence-electron chi connectivity index (χ4n) is 1.72. The lowest BCUT2D eigenvalue weighted by molar-refractivity contribution is 0.0942. The van der Waals surface area contributed by atoms with Gasteiger partial charge in [0.2, 0.25) is 0 Å². The first-order valence-corrected chi connectivity index (χ1v) is 5.60. The first-order valence-electron chi connectivity index (χ1n) is 5.60. The summed E-state index contributed by atoms with van der Waals surface area (Å²) < 4.78 is 0. The molecule has 0 fully saturated rings. The highest BCUT2D eigenvalue weighted by Gasteiger charge is 2.24. The number of ketones is 1. The van der Waals surface area contributed by atoms with Crippen molar-refractivity contribution in [3.05, 3.63) is 5.56 Å². The van der Waals surface area contributed by atoms with Gasteiger partial charge in [-0.2, -0.15) is 0 Å². The van der Waals surface area contributed by atoms with E-state index in [1.807, 2.05) is 20.8 Å². The van der Waals surface area contributed by atoms with Crippen molar-refractivity contribution in [1.82, 2.24) is 0 Å². The molecule has 0 atom stereocenters. The lowest BCUT2D eigenvalue weighted by Gasteiger charge is -2.20. The van der Waals surface area contributed by atoms with Crippen LogP contribution in [0.25, 0.3) is 0 Å². The number of nitrogen functional groups attached to an aromatic ring is 5. The fourth-order valence-corrected chi connectivity index (χ4v) is 1.72. The normalized spacial score (nSPS) is 11.5. The lowest BCUT2D eigenvalue weighted by Crippen LogP contribution is -2.18. The summed E-state index contributed by atoms with van der Waals surface area (Å²) >= 11 is 0. The van der Waals surface area contributed by atoms with Crippen LogP contribution in [0, 0.1) is 5.41 Å². The monoisotopic (exact) mass is 251 g/mol. The molecule has 18 heavy (non-hydrogen) atoms. The third-order valence-electron chi connectivity index (χ3n) is 2.67. The van der Waals surface area contributed by atoms with Gasteiger partial charge in [-0.25, -0.2) is 0 Å². The van der Waals surface area contributed by atoms with Crippen LogP contribution in [0.15, 0.2) is 0 Å². The largest absolute Gasteiger partial charge is 0.396 e. The smallest absolute Gasteiger partial charge is 0.167 e.